The van der Waals surface area contributed by atoms with E-state index in [4.69, 9.17) is 28.4 Å². The molecule has 52 heavy (non-hydrogen) atoms. The first-order valence-corrected chi connectivity index (χ1v) is 18.0. The highest BCUT2D eigenvalue weighted by molar-refractivity contribution is 9.10. The summed E-state index contributed by atoms with van der Waals surface area (Å²) in [5, 5.41) is 0. The standard InChI is InChI=1S/C38H37BrN2O10S/c1-6-47-30-18-25(13-15-29(30)51-21-32(42)46-5)34-33(37(45)49-8-3)22(4)40-38-41(34)35(43)31(52-38)19-26-17-27(39)14-16-28(26)50-20-23-9-11-24(12-10-23)36(44)48-7-2/h9-19,34H,6-8,20-21H2,1-5H3/b31-19+/t34-/m0/s1. The number of methoxy groups -OCH3 is 1. The van der Waals surface area contributed by atoms with Crippen LogP contribution in [0.2, 0.25) is 0 Å². The molecule has 5 rings (SSSR count). The van der Waals surface area contributed by atoms with E-state index in [-0.39, 0.29) is 44.2 Å². The fraction of sp³-hybridized carbons (Fsp3) is 0.289. The van der Waals surface area contributed by atoms with Crippen LogP contribution in [-0.4, -0.2) is 56.0 Å². The highest BCUT2D eigenvalue weighted by Crippen LogP contribution is 2.36. The molecule has 14 heteroatoms. The number of halogens is 1. The van der Waals surface area contributed by atoms with Crippen molar-refractivity contribution in [2.75, 3.05) is 33.5 Å². The number of benzene rings is 3. The van der Waals surface area contributed by atoms with Crippen molar-refractivity contribution in [1.29, 1.82) is 0 Å². The Bertz CT molecular complexity index is 2190. The predicted octanol–water partition coefficient (Wildman–Crippen LogP) is 5.27. The number of thiazole rings is 1. The van der Waals surface area contributed by atoms with E-state index in [0.717, 1.165) is 10.0 Å². The summed E-state index contributed by atoms with van der Waals surface area (Å²) in [6.45, 7) is 7.53. The van der Waals surface area contributed by atoms with Crippen LogP contribution in [-0.2, 0) is 30.4 Å². The number of esters is 3. The third-order valence-electron chi connectivity index (χ3n) is 7.79. The number of nitrogens with zero attached hydrogens (tertiary/aromatic N) is 2. The average Bonchev–Trinajstić information content (AvgIpc) is 3.43. The van der Waals surface area contributed by atoms with Gasteiger partial charge in [-0.15, -0.1) is 0 Å². The summed E-state index contributed by atoms with van der Waals surface area (Å²) in [6.07, 6.45) is 1.73. The van der Waals surface area contributed by atoms with Gasteiger partial charge in [0, 0.05) is 10.0 Å². The van der Waals surface area contributed by atoms with Crippen LogP contribution in [0.15, 0.2) is 86.2 Å². The molecule has 0 spiro atoms. The zero-order chi connectivity index (χ0) is 37.4. The van der Waals surface area contributed by atoms with Crippen LogP contribution >= 0.6 is 27.3 Å². The molecule has 1 atom stereocenters. The highest BCUT2D eigenvalue weighted by Gasteiger charge is 2.34. The lowest BCUT2D eigenvalue weighted by Crippen LogP contribution is -2.40. The first-order valence-electron chi connectivity index (χ1n) is 16.4. The zero-order valence-electron chi connectivity index (χ0n) is 29.2. The molecule has 0 N–H and O–H groups in total. The van der Waals surface area contributed by atoms with Gasteiger partial charge in [0.2, 0.25) is 0 Å². The molecule has 1 aromatic heterocycles. The van der Waals surface area contributed by atoms with Crippen molar-refractivity contribution < 1.29 is 42.8 Å². The van der Waals surface area contributed by atoms with E-state index < -0.39 is 23.9 Å². The van der Waals surface area contributed by atoms with Gasteiger partial charge in [-0.05, 0) is 87.4 Å². The minimum absolute atomic E-state index is 0.123. The number of carbonyl (C=O) groups is 3. The van der Waals surface area contributed by atoms with Gasteiger partial charge in [0.1, 0.15) is 12.4 Å². The largest absolute Gasteiger partial charge is 0.490 e. The van der Waals surface area contributed by atoms with E-state index in [1.54, 1.807) is 82.3 Å². The number of hydrogen-bond donors (Lipinski definition) is 0. The smallest absolute Gasteiger partial charge is 0.343 e. The summed E-state index contributed by atoms with van der Waals surface area (Å²) in [5.41, 5.74) is 2.67. The minimum atomic E-state index is -0.915. The SMILES string of the molecule is CCOC(=O)C1=C(C)N=c2s/c(=C/c3cc(Br)ccc3OCc3ccc(C(=O)OCC)cc3)c(=O)n2[C@H]1c1ccc(OCC(=O)OC)c(OCC)c1. The van der Waals surface area contributed by atoms with Crippen molar-refractivity contribution in [1.82, 2.24) is 4.57 Å². The van der Waals surface area contributed by atoms with E-state index in [0.29, 0.717) is 49.0 Å². The molecule has 4 aromatic rings. The Labute approximate surface area is 312 Å². The monoisotopic (exact) mass is 792 g/mol. The van der Waals surface area contributed by atoms with Gasteiger partial charge in [0.25, 0.3) is 5.56 Å². The predicted molar refractivity (Wildman–Crippen MR) is 196 cm³/mol. The molecule has 0 aliphatic carbocycles. The van der Waals surface area contributed by atoms with Crippen LogP contribution < -0.4 is 29.1 Å². The normalized spacial score (nSPS) is 13.9. The summed E-state index contributed by atoms with van der Waals surface area (Å²) >= 11 is 4.70. The highest BCUT2D eigenvalue weighted by atomic mass is 79.9. The van der Waals surface area contributed by atoms with Gasteiger partial charge < -0.3 is 28.4 Å². The second-order valence-corrected chi connectivity index (χ2v) is 13.1. The number of fused-ring (bicyclic) bond motifs is 1. The van der Waals surface area contributed by atoms with Gasteiger partial charge >= 0.3 is 17.9 Å². The van der Waals surface area contributed by atoms with Crippen molar-refractivity contribution in [3.8, 4) is 17.2 Å². The Kier molecular flexibility index (Phi) is 12.7. The topological polar surface area (TPSA) is 141 Å². The third-order valence-corrected chi connectivity index (χ3v) is 9.27. The second kappa shape index (κ2) is 17.3. The molecule has 3 aromatic carbocycles. The Balaban J connectivity index is 1.56. The Morgan fingerprint density at radius 2 is 1.58 bits per heavy atom. The van der Waals surface area contributed by atoms with Crippen molar-refractivity contribution in [3.05, 3.63) is 118 Å². The molecule has 0 unspecified atom stereocenters. The fourth-order valence-electron chi connectivity index (χ4n) is 5.40. The van der Waals surface area contributed by atoms with Gasteiger partial charge in [-0.25, -0.2) is 19.4 Å². The van der Waals surface area contributed by atoms with Gasteiger partial charge in [-0.3, -0.25) is 9.36 Å². The molecule has 1 aliphatic rings. The number of ether oxygens (including phenoxy) is 6. The summed E-state index contributed by atoms with van der Waals surface area (Å²) in [6, 6.07) is 16.5. The van der Waals surface area contributed by atoms with Crippen molar-refractivity contribution in [3.63, 3.8) is 0 Å². The van der Waals surface area contributed by atoms with Crippen LogP contribution in [0.25, 0.3) is 6.08 Å². The van der Waals surface area contributed by atoms with Crippen LogP contribution in [0.5, 0.6) is 17.2 Å². The number of hydrogen-bond acceptors (Lipinski definition) is 12. The molecule has 2 heterocycles. The molecule has 0 saturated carbocycles. The van der Waals surface area contributed by atoms with E-state index in [9.17, 15) is 19.2 Å². The first-order chi connectivity index (χ1) is 25.1. The maximum atomic E-state index is 14.3. The number of allylic oxidation sites excluding steroid dienone is 1. The van der Waals surface area contributed by atoms with Crippen LogP contribution in [0.1, 0.15) is 60.8 Å². The lowest BCUT2D eigenvalue weighted by atomic mass is 9.95. The lowest BCUT2D eigenvalue weighted by molar-refractivity contribution is -0.143. The van der Waals surface area contributed by atoms with Gasteiger partial charge in [-0.1, -0.05) is 45.5 Å². The molecule has 0 fully saturated rings. The molecule has 12 nitrogen and oxygen atoms in total. The van der Waals surface area contributed by atoms with Crippen LogP contribution in [0.3, 0.4) is 0 Å². The van der Waals surface area contributed by atoms with E-state index in [1.165, 1.54) is 23.0 Å². The molecule has 0 saturated heterocycles. The third kappa shape index (κ3) is 8.62. The lowest BCUT2D eigenvalue weighted by Gasteiger charge is -2.25. The van der Waals surface area contributed by atoms with Gasteiger partial charge in [0.05, 0.1) is 54.3 Å². The Hall–Kier alpha value is -5.21. The van der Waals surface area contributed by atoms with Crippen LogP contribution in [0, 0.1) is 0 Å². The summed E-state index contributed by atoms with van der Waals surface area (Å²) in [5.74, 6) is -0.438. The minimum Gasteiger partial charge on any atom is -0.490 e. The fourth-order valence-corrected chi connectivity index (χ4v) is 6.82. The molecular weight excluding hydrogens is 756 g/mol. The molecule has 1 aliphatic heterocycles. The van der Waals surface area contributed by atoms with Crippen molar-refractivity contribution in [2.45, 2.75) is 40.3 Å². The van der Waals surface area contributed by atoms with Gasteiger partial charge in [0.15, 0.2) is 22.9 Å². The maximum absolute atomic E-state index is 14.3. The summed E-state index contributed by atoms with van der Waals surface area (Å²) < 4.78 is 35.5. The Morgan fingerprint density at radius 1 is 0.865 bits per heavy atom. The summed E-state index contributed by atoms with van der Waals surface area (Å²) in [7, 11) is 1.26. The second-order valence-electron chi connectivity index (χ2n) is 11.2. The molecule has 0 bridgehead atoms. The van der Waals surface area contributed by atoms with Crippen LogP contribution in [0.4, 0.5) is 0 Å². The van der Waals surface area contributed by atoms with Crippen molar-refractivity contribution >= 4 is 51.3 Å². The summed E-state index contributed by atoms with van der Waals surface area (Å²) in [4.78, 5) is 56.6. The molecule has 0 amide bonds. The van der Waals surface area contributed by atoms with E-state index in [1.807, 2.05) is 12.1 Å². The molecular formula is C38H37BrN2O10S. The first kappa shape index (κ1) is 38.0. The van der Waals surface area contributed by atoms with Crippen molar-refractivity contribution in [2.24, 2.45) is 4.99 Å². The molecule has 0 radical (unpaired) electrons. The number of carbonyl (C=O) groups excluding carboxylic acids is 3. The maximum Gasteiger partial charge on any atom is 0.343 e. The average molecular weight is 794 g/mol. The zero-order valence-corrected chi connectivity index (χ0v) is 31.6. The van der Waals surface area contributed by atoms with E-state index >= 15 is 0 Å². The van der Waals surface area contributed by atoms with Gasteiger partial charge in [-0.2, -0.15) is 0 Å². The van der Waals surface area contributed by atoms with E-state index in [2.05, 4.69) is 20.9 Å². The quantitative estimate of drug-likeness (QED) is 0.123. The molecule has 272 valence electrons. The number of rotatable bonds is 14. The Morgan fingerprint density at radius 3 is 2.27 bits per heavy atom. The number of aromatic nitrogens is 1.